The van der Waals surface area contributed by atoms with Gasteiger partial charge in [-0.1, -0.05) is 12.1 Å². The molecule has 0 radical (unpaired) electrons. The van der Waals surface area contributed by atoms with Crippen LogP contribution in [0, 0.1) is 0 Å². The molecule has 1 aliphatic rings. The van der Waals surface area contributed by atoms with Crippen molar-refractivity contribution in [3.8, 4) is 17.0 Å². The number of nitrogens with zero attached hydrogens (tertiary/aromatic N) is 5. The summed E-state index contributed by atoms with van der Waals surface area (Å²) >= 11 is 0. The molecule has 5 rings (SSSR count). The Morgan fingerprint density at radius 3 is 2.91 bits per heavy atom. The average Bonchev–Trinajstić information content (AvgIpc) is 3.28. The maximum absolute atomic E-state index is 6.16. The molecule has 1 atom stereocenters. The molecule has 1 fully saturated rings. The Morgan fingerprint density at radius 1 is 1.06 bits per heavy atom. The number of ether oxygens (including phenoxy) is 2. The van der Waals surface area contributed by atoms with Crippen molar-refractivity contribution < 1.29 is 9.47 Å². The van der Waals surface area contributed by atoms with E-state index in [1.54, 1.807) is 13.3 Å². The number of imidazole rings is 1. The summed E-state index contributed by atoms with van der Waals surface area (Å²) in [5, 5.41) is 4.46. The number of methoxy groups -OCH3 is 1. The van der Waals surface area contributed by atoms with Gasteiger partial charge in [0.2, 0.25) is 0 Å². The minimum atomic E-state index is 0.228. The zero-order chi connectivity index (χ0) is 21.8. The van der Waals surface area contributed by atoms with E-state index < -0.39 is 0 Å². The second-order valence-electron chi connectivity index (χ2n) is 8.10. The van der Waals surface area contributed by atoms with Crippen LogP contribution in [0.5, 0.6) is 5.75 Å². The molecule has 4 heterocycles. The second kappa shape index (κ2) is 9.46. The maximum atomic E-state index is 6.16. The van der Waals surface area contributed by atoms with E-state index in [1.165, 1.54) is 5.56 Å². The summed E-state index contributed by atoms with van der Waals surface area (Å²) < 4.78 is 13.7. The minimum absolute atomic E-state index is 0.228. The van der Waals surface area contributed by atoms with E-state index in [0.717, 1.165) is 60.8 Å². The van der Waals surface area contributed by atoms with Gasteiger partial charge in [-0.15, -0.1) is 0 Å². The molecule has 1 unspecified atom stereocenters. The normalized spacial score (nSPS) is 17.0. The summed E-state index contributed by atoms with van der Waals surface area (Å²) in [5.74, 6) is 0.816. The third-order valence-corrected chi connectivity index (χ3v) is 5.88. The Kier molecular flexibility index (Phi) is 6.09. The highest BCUT2D eigenvalue weighted by Gasteiger charge is 2.21. The SMILES string of the molecule is COc1ccc(CN2CCCC(OCc3ccccn3)C2)cc1-c1cnc2cccnn12. The second-order valence-corrected chi connectivity index (χ2v) is 8.10. The van der Waals surface area contributed by atoms with Crippen molar-refractivity contribution >= 4 is 5.65 Å². The summed E-state index contributed by atoms with van der Waals surface area (Å²) in [6, 6.07) is 16.1. The molecule has 0 N–H and O–H groups in total. The van der Waals surface area contributed by atoms with Crippen molar-refractivity contribution in [2.45, 2.75) is 32.1 Å². The van der Waals surface area contributed by atoms with Gasteiger partial charge in [0.25, 0.3) is 0 Å². The maximum Gasteiger partial charge on any atom is 0.154 e. The fraction of sp³-hybridized carbons (Fsp3) is 0.320. The Balaban J connectivity index is 1.30. The molecular formula is C25H27N5O2. The summed E-state index contributed by atoms with van der Waals surface area (Å²) in [5.41, 5.74) is 4.95. The Hall–Kier alpha value is -3.29. The molecule has 0 saturated carbocycles. The lowest BCUT2D eigenvalue weighted by Crippen LogP contribution is -2.39. The number of hydrogen-bond acceptors (Lipinski definition) is 6. The molecule has 0 amide bonds. The smallest absolute Gasteiger partial charge is 0.154 e. The average molecular weight is 430 g/mol. The quantitative estimate of drug-likeness (QED) is 0.443. The van der Waals surface area contributed by atoms with E-state index in [-0.39, 0.29) is 6.10 Å². The van der Waals surface area contributed by atoms with Crippen LogP contribution in [0.2, 0.25) is 0 Å². The van der Waals surface area contributed by atoms with Gasteiger partial charge in [0, 0.05) is 31.0 Å². The van der Waals surface area contributed by atoms with Crippen molar-refractivity contribution in [2.75, 3.05) is 20.2 Å². The summed E-state index contributed by atoms with van der Waals surface area (Å²) in [6.45, 7) is 3.42. The van der Waals surface area contributed by atoms with Gasteiger partial charge in [0.15, 0.2) is 5.65 Å². The highest BCUT2D eigenvalue weighted by molar-refractivity contribution is 5.70. The lowest BCUT2D eigenvalue weighted by molar-refractivity contribution is -0.0132. The topological polar surface area (TPSA) is 64.8 Å². The van der Waals surface area contributed by atoms with Gasteiger partial charge in [-0.05, 0) is 61.3 Å². The molecule has 7 nitrogen and oxygen atoms in total. The first-order valence-electron chi connectivity index (χ1n) is 11.0. The molecule has 1 aliphatic heterocycles. The third kappa shape index (κ3) is 4.49. The Bertz CT molecular complexity index is 1180. The predicted molar refractivity (Wildman–Crippen MR) is 122 cm³/mol. The van der Waals surface area contributed by atoms with Crippen LogP contribution >= 0.6 is 0 Å². The lowest BCUT2D eigenvalue weighted by atomic mass is 10.0. The van der Waals surface area contributed by atoms with Crippen molar-refractivity contribution in [2.24, 2.45) is 0 Å². The van der Waals surface area contributed by atoms with Crippen molar-refractivity contribution in [1.82, 2.24) is 24.5 Å². The Labute approximate surface area is 187 Å². The van der Waals surface area contributed by atoms with Crippen molar-refractivity contribution in [3.63, 3.8) is 0 Å². The van der Waals surface area contributed by atoms with Crippen LogP contribution in [0.3, 0.4) is 0 Å². The first-order valence-corrected chi connectivity index (χ1v) is 11.0. The predicted octanol–water partition coefficient (Wildman–Crippen LogP) is 3.98. The van der Waals surface area contributed by atoms with Crippen LogP contribution in [-0.2, 0) is 17.9 Å². The number of likely N-dealkylation sites (tertiary alicyclic amines) is 1. The van der Waals surface area contributed by atoms with E-state index in [9.17, 15) is 0 Å². The van der Waals surface area contributed by atoms with Crippen LogP contribution in [-0.4, -0.2) is 50.8 Å². The summed E-state index contributed by atoms with van der Waals surface area (Å²) in [7, 11) is 1.70. The number of fused-ring (bicyclic) bond motifs is 1. The van der Waals surface area contributed by atoms with E-state index in [4.69, 9.17) is 9.47 Å². The van der Waals surface area contributed by atoms with E-state index in [1.807, 2.05) is 53.3 Å². The molecular weight excluding hydrogens is 402 g/mol. The molecule has 4 aromatic rings. The van der Waals surface area contributed by atoms with Crippen molar-refractivity contribution in [1.29, 1.82) is 0 Å². The fourth-order valence-corrected chi connectivity index (χ4v) is 4.30. The number of hydrogen-bond donors (Lipinski definition) is 0. The zero-order valence-corrected chi connectivity index (χ0v) is 18.2. The molecule has 1 aromatic carbocycles. The zero-order valence-electron chi connectivity index (χ0n) is 18.2. The van der Waals surface area contributed by atoms with Gasteiger partial charge in [-0.2, -0.15) is 5.10 Å². The first kappa shape index (κ1) is 20.6. The number of benzene rings is 1. The molecule has 7 heteroatoms. The van der Waals surface area contributed by atoms with Crippen LogP contribution in [0.15, 0.2) is 67.1 Å². The van der Waals surface area contributed by atoms with Gasteiger partial charge in [-0.25, -0.2) is 9.50 Å². The highest BCUT2D eigenvalue weighted by atomic mass is 16.5. The molecule has 0 aliphatic carbocycles. The molecule has 0 bridgehead atoms. The standard InChI is InChI=1S/C25H27N5O2/c1-31-24-10-9-19(14-22(24)23-15-27-25-8-4-12-28-30(23)25)16-29-13-5-7-21(17-29)32-18-20-6-2-3-11-26-20/h2-4,6,8-12,14-15,21H,5,7,13,16-18H2,1H3. The number of pyridine rings is 1. The summed E-state index contributed by atoms with van der Waals surface area (Å²) in [6.07, 6.45) is 7.88. The van der Waals surface area contributed by atoms with E-state index in [0.29, 0.717) is 6.61 Å². The van der Waals surface area contributed by atoms with E-state index >= 15 is 0 Å². The van der Waals surface area contributed by atoms with Crippen LogP contribution in [0.1, 0.15) is 24.1 Å². The molecule has 3 aromatic heterocycles. The van der Waals surface area contributed by atoms with Gasteiger partial charge >= 0.3 is 0 Å². The van der Waals surface area contributed by atoms with Gasteiger partial charge in [0.1, 0.15) is 5.75 Å². The highest BCUT2D eigenvalue weighted by Crippen LogP contribution is 2.31. The van der Waals surface area contributed by atoms with E-state index in [2.05, 4.69) is 32.1 Å². The minimum Gasteiger partial charge on any atom is -0.496 e. The van der Waals surface area contributed by atoms with Gasteiger partial charge in [-0.3, -0.25) is 9.88 Å². The molecule has 1 saturated heterocycles. The van der Waals surface area contributed by atoms with Crippen LogP contribution < -0.4 is 4.74 Å². The van der Waals surface area contributed by atoms with Crippen molar-refractivity contribution in [3.05, 3.63) is 78.4 Å². The number of rotatable bonds is 7. The van der Waals surface area contributed by atoms with Gasteiger partial charge < -0.3 is 9.47 Å². The number of piperidine rings is 1. The molecule has 164 valence electrons. The molecule has 0 spiro atoms. The largest absolute Gasteiger partial charge is 0.496 e. The van der Waals surface area contributed by atoms with Crippen LogP contribution in [0.25, 0.3) is 16.9 Å². The number of aromatic nitrogens is 4. The monoisotopic (exact) mass is 429 g/mol. The Morgan fingerprint density at radius 2 is 2.03 bits per heavy atom. The first-order chi connectivity index (χ1) is 15.8. The van der Waals surface area contributed by atoms with Gasteiger partial charge in [0.05, 0.1) is 37.4 Å². The van der Waals surface area contributed by atoms with Crippen LogP contribution in [0.4, 0.5) is 0 Å². The molecule has 32 heavy (non-hydrogen) atoms. The fourth-order valence-electron chi connectivity index (χ4n) is 4.30. The third-order valence-electron chi connectivity index (χ3n) is 5.88. The lowest BCUT2D eigenvalue weighted by Gasteiger charge is -2.32. The summed E-state index contributed by atoms with van der Waals surface area (Å²) in [4.78, 5) is 11.3.